The fourth-order valence-corrected chi connectivity index (χ4v) is 3.57. The fourth-order valence-electron chi connectivity index (χ4n) is 3.57. The molecule has 1 aromatic rings. The van der Waals surface area contributed by atoms with Gasteiger partial charge in [-0.1, -0.05) is 12.1 Å². The van der Waals surface area contributed by atoms with Crippen molar-refractivity contribution >= 4 is 0 Å². The van der Waals surface area contributed by atoms with Crippen molar-refractivity contribution < 1.29 is 9.47 Å². The molecular formula is C14H15NO2. The summed E-state index contributed by atoms with van der Waals surface area (Å²) in [6, 6.07) is 8.28. The second-order valence-corrected chi connectivity index (χ2v) is 4.83. The maximum absolute atomic E-state index is 9.21. The molecule has 1 fully saturated rings. The average molecular weight is 229 g/mol. The number of ether oxygens (including phenoxy) is 2. The van der Waals surface area contributed by atoms with E-state index < -0.39 is 5.79 Å². The van der Waals surface area contributed by atoms with Crippen LogP contribution in [-0.4, -0.2) is 20.0 Å². The molecule has 88 valence electrons. The highest BCUT2D eigenvalue weighted by Gasteiger charge is 2.55. The summed E-state index contributed by atoms with van der Waals surface area (Å²) in [6.45, 7) is 0. The molecule has 3 nitrogen and oxygen atoms in total. The van der Waals surface area contributed by atoms with Crippen LogP contribution < -0.4 is 0 Å². The Bertz CT molecular complexity index is 499. The molecule has 2 bridgehead atoms. The van der Waals surface area contributed by atoms with Crippen LogP contribution in [0.5, 0.6) is 0 Å². The van der Waals surface area contributed by atoms with Crippen LogP contribution in [0.25, 0.3) is 0 Å². The summed E-state index contributed by atoms with van der Waals surface area (Å²) < 4.78 is 11.2. The minimum absolute atomic E-state index is 0.202. The van der Waals surface area contributed by atoms with Crippen LogP contribution in [0.4, 0.5) is 0 Å². The molecule has 1 saturated carbocycles. The van der Waals surface area contributed by atoms with Gasteiger partial charge in [-0.3, -0.25) is 0 Å². The zero-order valence-electron chi connectivity index (χ0n) is 10.1. The van der Waals surface area contributed by atoms with Crippen molar-refractivity contribution in [3.8, 4) is 6.07 Å². The van der Waals surface area contributed by atoms with E-state index in [0.29, 0.717) is 5.92 Å². The Labute approximate surface area is 101 Å². The molecule has 3 rings (SSSR count). The van der Waals surface area contributed by atoms with Gasteiger partial charge < -0.3 is 9.47 Å². The van der Waals surface area contributed by atoms with Gasteiger partial charge in [-0.05, 0) is 29.5 Å². The zero-order chi connectivity index (χ0) is 12.0. The molecule has 0 saturated heterocycles. The summed E-state index contributed by atoms with van der Waals surface area (Å²) in [4.78, 5) is 0. The van der Waals surface area contributed by atoms with Crippen LogP contribution in [-0.2, 0) is 9.47 Å². The van der Waals surface area contributed by atoms with Crippen LogP contribution >= 0.6 is 0 Å². The van der Waals surface area contributed by atoms with E-state index in [1.54, 1.807) is 14.2 Å². The molecule has 0 amide bonds. The molecule has 1 aromatic carbocycles. The zero-order valence-corrected chi connectivity index (χ0v) is 10.1. The van der Waals surface area contributed by atoms with E-state index in [4.69, 9.17) is 9.47 Å². The van der Waals surface area contributed by atoms with Crippen molar-refractivity contribution in [1.82, 2.24) is 0 Å². The Balaban J connectivity index is 2.16. The molecule has 2 aliphatic carbocycles. The number of benzene rings is 1. The van der Waals surface area contributed by atoms with Crippen LogP contribution in [0.15, 0.2) is 18.2 Å². The third-order valence-corrected chi connectivity index (χ3v) is 4.32. The molecule has 0 spiro atoms. The normalized spacial score (nSPS) is 27.8. The Morgan fingerprint density at radius 3 is 2.76 bits per heavy atom. The van der Waals surface area contributed by atoms with E-state index >= 15 is 0 Å². The van der Waals surface area contributed by atoms with Crippen molar-refractivity contribution in [3.63, 3.8) is 0 Å². The fraction of sp³-hybridized carbons (Fsp3) is 0.500. The molecule has 0 aromatic heterocycles. The Hall–Kier alpha value is -1.37. The minimum Gasteiger partial charge on any atom is -0.353 e. The average Bonchev–Trinajstić information content (AvgIpc) is 2.94. The summed E-state index contributed by atoms with van der Waals surface area (Å²) in [7, 11) is 3.39. The minimum atomic E-state index is -0.523. The number of nitrogens with zero attached hydrogens (tertiary/aromatic N) is 1. The van der Waals surface area contributed by atoms with Crippen LogP contribution in [0.3, 0.4) is 0 Å². The summed E-state index contributed by atoms with van der Waals surface area (Å²) in [6.07, 6.45) is 1.93. The van der Waals surface area contributed by atoms with E-state index in [1.165, 1.54) is 5.56 Å². The molecule has 0 aliphatic heterocycles. The molecule has 0 N–H and O–H groups in total. The Morgan fingerprint density at radius 2 is 2.12 bits per heavy atom. The first-order valence-corrected chi connectivity index (χ1v) is 5.89. The predicted octanol–water partition coefficient (Wildman–Crippen LogP) is 2.52. The summed E-state index contributed by atoms with van der Waals surface area (Å²) in [5, 5.41) is 9.21. The standard InChI is InChI=1S/C14H15NO2/c1-16-14(17-2)7-10-6-12(14)13-9(8-15)4-3-5-11(10)13/h3-5,10,12H,6-7H2,1-2H3/t10-,12+/m1/s1. The highest BCUT2D eigenvalue weighted by atomic mass is 16.7. The van der Waals surface area contributed by atoms with Gasteiger partial charge in [0.15, 0.2) is 5.79 Å². The lowest BCUT2D eigenvalue weighted by Gasteiger charge is -2.36. The quantitative estimate of drug-likeness (QED) is 0.732. The lowest BCUT2D eigenvalue weighted by Crippen LogP contribution is -2.38. The monoisotopic (exact) mass is 229 g/mol. The lowest BCUT2D eigenvalue weighted by molar-refractivity contribution is -0.213. The van der Waals surface area contributed by atoms with Crippen molar-refractivity contribution in [2.24, 2.45) is 0 Å². The number of rotatable bonds is 2. The van der Waals surface area contributed by atoms with Crippen molar-refractivity contribution in [2.45, 2.75) is 30.5 Å². The maximum Gasteiger partial charge on any atom is 0.175 e. The topological polar surface area (TPSA) is 42.2 Å². The molecule has 17 heavy (non-hydrogen) atoms. The van der Waals surface area contributed by atoms with Crippen molar-refractivity contribution in [1.29, 1.82) is 5.26 Å². The summed E-state index contributed by atoms with van der Waals surface area (Å²) in [5.41, 5.74) is 3.24. The smallest absolute Gasteiger partial charge is 0.175 e. The van der Waals surface area contributed by atoms with Gasteiger partial charge in [-0.25, -0.2) is 0 Å². The lowest BCUT2D eigenvalue weighted by atomic mass is 9.84. The second-order valence-electron chi connectivity index (χ2n) is 4.83. The van der Waals surface area contributed by atoms with Gasteiger partial charge in [0.1, 0.15) is 0 Å². The first kappa shape index (κ1) is 10.8. The molecule has 0 unspecified atom stereocenters. The summed E-state index contributed by atoms with van der Waals surface area (Å²) >= 11 is 0. The van der Waals surface area contributed by atoms with Gasteiger partial charge in [0.05, 0.1) is 11.6 Å². The number of methoxy groups -OCH3 is 2. The molecule has 3 heteroatoms. The predicted molar refractivity (Wildman–Crippen MR) is 62.6 cm³/mol. The number of hydrogen-bond acceptors (Lipinski definition) is 3. The molecule has 0 heterocycles. The maximum atomic E-state index is 9.21. The Kier molecular flexibility index (Phi) is 2.25. The first-order valence-electron chi connectivity index (χ1n) is 5.89. The van der Waals surface area contributed by atoms with Crippen molar-refractivity contribution in [2.75, 3.05) is 14.2 Å². The SMILES string of the molecule is COC1(OC)C[C@H]2C[C@H]1c1c(C#N)cccc12. The third kappa shape index (κ3) is 1.23. The Morgan fingerprint density at radius 1 is 1.35 bits per heavy atom. The number of nitriles is 1. The van der Waals surface area contributed by atoms with Gasteiger partial charge in [0.2, 0.25) is 0 Å². The molecule has 2 aliphatic rings. The van der Waals surface area contributed by atoms with E-state index in [2.05, 4.69) is 12.1 Å². The third-order valence-electron chi connectivity index (χ3n) is 4.32. The van der Waals surface area contributed by atoms with Crippen LogP contribution in [0, 0.1) is 11.3 Å². The van der Waals surface area contributed by atoms with E-state index in [-0.39, 0.29) is 5.92 Å². The van der Waals surface area contributed by atoms with Gasteiger partial charge >= 0.3 is 0 Å². The molecular weight excluding hydrogens is 214 g/mol. The van der Waals surface area contributed by atoms with E-state index in [0.717, 1.165) is 24.0 Å². The highest BCUT2D eigenvalue weighted by Crippen LogP contribution is 2.60. The first-order chi connectivity index (χ1) is 8.25. The van der Waals surface area contributed by atoms with Crippen LogP contribution in [0.1, 0.15) is 41.4 Å². The summed E-state index contributed by atoms with van der Waals surface area (Å²) in [5.74, 6) is 0.154. The van der Waals surface area contributed by atoms with Gasteiger partial charge in [0.25, 0.3) is 0 Å². The second kappa shape index (κ2) is 3.56. The van der Waals surface area contributed by atoms with Gasteiger partial charge in [-0.15, -0.1) is 0 Å². The highest BCUT2D eigenvalue weighted by molar-refractivity contribution is 5.53. The largest absolute Gasteiger partial charge is 0.353 e. The molecule has 2 atom stereocenters. The van der Waals surface area contributed by atoms with E-state index in [1.807, 2.05) is 12.1 Å². The van der Waals surface area contributed by atoms with Crippen LogP contribution in [0.2, 0.25) is 0 Å². The molecule has 0 radical (unpaired) electrons. The van der Waals surface area contributed by atoms with Crippen molar-refractivity contribution in [3.05, 3.63) is 34.9 Å². The number of fused-ring (bicyclic) bond motifs is 5. The van der Waals surface area contributed by atoms with Gasteiger partial charge in [-0.2, -0.15) is 5.26 Å². The van der Waals surface area contributed by atoms with Gasteiger partial charge in [0, 0.05) is 26.6 Å². The number of hydrogen-bond donors (Lipinski definition) is 0. The van der Waals surface area contributed by atoms with E-state index in [9.17, 15) is 5.26 Å².